The van der Waals surface area contributed by atoms with Crippen molar-refractivity contribution in [3.05, 3.63) is 64.7 Å². The lowest BCUT2D eigenvalue weighted by Crippen LogP contribution is -2.48. The molecule has 9 nitrogen and oxygen atoms in total. The molecule has 35 heavy (non-hydrogen) atoms. The third-order valence-corrected chi connectivity index (χ3v) is 6.34. The number of anilines is 2. The van der Waals surface area contributed by atoms with Crippen molar-refractivity contribution in [1.82, 2.24) is 30.0 Å². The maximum atomic E-state index is 13.3. The third kappa shape index (κ3) is 4.42. The SMILES string of the molecule is Cc1cc(Nc2cncc(CN3C[C@@H]4C[C@H]3CN4C(=O)c3cccc(C(F)(F)F)c3C#N)n2)n[nH]1. The number of rotatable bonds is 5. The number of carbonyl (C=O) groups is 1. The van der Waals surface area contributed by atoms with E-state index in [2.05, 4.69) is 30.4 Å². The Hall–Kier alpha value is -3.98. The minimum absolute atomic E-state index is 0.0488. The highest BCUT2D eigenvalue weighted by molar-refractivity contribution is 5.97. The smallest absolute Gasteiger partial charge is 0.333 e. The van der Waals surface area contributed by atoms with Gasteiger partial charge in [0.25, 0.3) is 5.91 Å². The predicted molar refractivity (Wildman–Crippen MR) is 118 cm³/mol. The molecular formula is C23H21F3N8O. The number of fused-ring (bicyclic) bond motifs is 2. The highest BCUT2D eigenvalue weighted by atomic mass is 19.4. The van der Waals surface area contributed by atoms with E-state index < -0.39 is 23.2 Å². The minimum atomic E-state index is -4.71. The van der Waals surface area contributed by atoms with E-state index in [0.717, 1.165) is 17.5 Å². The number of likely N-dealkylation sites (tertiary alicyclic amines) is 2. The van der Waals surface area contributed by atoms with Gasteiger partial charge >= 0.3 is 6.18 Å². The average molecular weight is 482 g/mol. The molecule has 5 rings (SSSR count). The zero-order valence-corrected chi connectivity index (χ0v) is 18.7. The average Bonchev–Trinajstić information content (AvgIpc) is 3.53. The van der Waals surface area contributed by atoms with Gasteiger partial charge in [-0.05, 0) is 25.5 Å². The van der Waals surface area contributed by atoms with Gasteiger partial charge in [-0.15, -0.1) is 0 Å². The van der Waals surface area contributed by atoms with Gasteiger partial charge in [-0.2, -0.15) is 23.5 Å². The second kappa shape index (κ2) is 8.66. The van der Waals surface area contributed by atoms with Gasteiger partial charge in [0.1, 0.15) is 11.9 Å². The van der Waals surface area contributed by atoms with Crippen molar-refractivity contribution in [2.24, 2.45) is 0 Å². The first kappa shape index (κ1) is 22.8. The number of nitrogens with zero attached hydrogens (tertiary/aromatic N) is 6. The Morgan fingerprint density at radius 2 is 2.09 bits per heavy atom. The first-order valence-electron chi connectivity index (χ1n) is 11.0. The minimum Gasteiger partial charge on any atom is -0.333 e. The quantitative estimate of drug-likeness (QED) is 0.574. The molecular weight excluding hydrogens is 461 g/mol. The summed E-state index contributed by atoms with van der Waals surface area (Å²) in [7, 11) is 0. The summed E-state index contributed by atoms with van der Waals surface area (Å²) in [6.07, 6.45) is -0.712. The Balaban J connectivity index is 1.27. The summed E-state index contributed by atoms with van der Waals surface area (Å²) in [5, 5.41) is 19.4. The number of H-pyrrole nitrogens is 1. The van der Waals surface area contributed by atoms with Crippen molar-refractivity contribution in [3.63, 3.8) is 0 Å². The number of aryl methyl sites for hydroxylation is 1. The van der Waals surface area contributed by atoms with Gasteiger partial charge < -0.3 is 10.2 Å². The summed E-state index contributed by atoms with van der Waals surface area (Å²) < 4.78 is 39.9. The topological polar surface area (TPSA) is 114 Å². The Kier molecular flexibility index (Phi) is 5.64. The van der Waals surface area contributed by atoms with Gasteiger partial charge in [0.2, 0.25) is 0 Å². The van der Waals surface area contributed by atoms with E-state index in [-0.39, 0.29) is 17.6 Å². The number of carbonyl (C=O) groups excluding carboxylic acids is 1. The number of piperazine rings is 1. The van der Waals surface area contributed by atoms with Crippen LogP contribution in [-0.4, -0.2) is 61.0 Å². The number of nitriles is 1. The molecule has 2 atom stereocenters. The molecule has 180 valence electrons. The van der Waals surface area contributed by atoms with Crippen LogP contribution in [0.3, 0.4) is 0 Å². The van der Waals surface area contributed by atoms with Crippen molar-refractivity contribution in [2.75, 3.05) is 18.4 Å². The van der Waals surface area contributed by atoms with E-state index in [1.807, 2.05) is 13.0 Å². The monoisotopic (exact) mass is 482 g/mol. The maximum Gasteiger partial charge on any atom is 0.417 e. The fourth-order valence-electron chi connectivity index (χ4n) is 4.80. The first-order chi connectivity index (χ1) is 16.7. The summed E-state index contributed by atoms with van der Waals surface area (Å²) >= 11 is 0. The van der Waals surface area contributed by atoms with Crippen LogP contribution < -0.4 is 5.32 Å². The summed E-state index contributed by atoms with van der Waals surface area (Å²) in [4.78, 5) is 25.7. The van der Waals surface area contributed by atoms with Crippen LogP contribution >= 0.6 is 0 Å². The molecule has 2 aliphatic heterocycles. The van der Waals surface area contributed by atoms with Crippen LogP contribution in [0.2, 0.25) is 0 Å². The summed E-state index contributed by atoms with van der Waals surface area (Å²) in [6, 6.07) is 6.61. The molecule has 0 radical (unpaired) electrons. The fourth-order valence-corrected chi connectivity index (χ4v) is 4.80. The number of aromatic amines is 1. The molecule has 2 aliphatic rings. The van der Waals surface area contributed by atoms with E-state index in [0.29, 0.717) is 37.7 Å². The third-order valence-electron chi connectivity index (χ3n) is 6.34. The lowest BCUT2D eigenvalue weighted by molar-refractivity contribution is -0.137. The number of halogens is 3. The number of amides is 1. The second-order valence-electron chi connectivity index (χ2n) is 8.72. The Morgan fingerprint density at radius 1 is 1.26 bits per heavy atom. The molecule has 1 aromatic carbocycles. The Bertz CT molecular complexity index is 1310. The predicted octanol–water partition coefficient (Wildman–Crippen LogP) is 3.24. The van der Waals surface area contributed by atoms with Crippen LogP contribution in [-0.2, 0) is 12.7 Å². The van der Waals surface area contributed by atoms with E-state index in [4.69, 9.17) is 0 Å². The zero-order chi connectivity index (χ0) is 24.7. The molecule has 2 aromatic heterocycles. The molecule has 0 unspecified atom stereocenters. The molecule has 12 heteroatoms. The lowest BCUT2D eigenvalue weighted by Gasteiger charge is -2.34. The number of nitrogens with one attached hydrogen (secondary N) is 2. The number of hydrogen-bond acceptors (Lipinski definition) is 7. The van der Waals surface area contributed by atoms with Gasteiger partial charge in [-0.1, -0.05) is 6.07 Å². The molecule has 2 bridgehead atoms. The number of aromatic nitrogens is 4. The number of benzene rings is 1. The van der Waals surface area contributed by atoms with Crippen LogP contribution in [0.15, 0.2) is 36.7 Å². The van der Waals surface area contributed by atoms with Crippen molar-refractivity contribution in [2.45, 2.75) is 38.1 Å². The van der Waals surface area contributed by atoms with Crippen LogP contribution in [0.1, 0.15) is 39.3 Å². The van der Waals surface area contributed by atoms with Crippen molar-refractivity contribution >= 4 is 17.5 Å². The van der Waals surface area contributed by atoms with Gasteiger partial charge in [0.15, 0.2) is 5.82 Å². The Labute approximate surface area is 198 Å². The van der Waals surface area contributed by atoms with E-state index in [9.17, 15) is 23.2 Å². The first-order valence-corrected chi connectivity index (χ1v) is 11.0. The number of hydrogen-bond donors (Lipinski definition) is 2. The normalized spacial score (nSPS) is 19.7. The van der Waals surface area contributed by atoms with Gasteiger partial charge in [0.05, 0.1) is 28.6 Å². The van der Waals surface area contributed by atoms with E-state index in [1.54, 1.807) is 23.4 Å². The molecule has 4 heterocycles. The molecule has 2 fully saturated rings. The highest BCUT2D eigenvalue weighted by Gasteiger charge is 2.46. The van der Waals surface area contributed by atoms with Crippen molar-refractivity contribution in [1.29, 1.82) is 5.26 Å². The molecule has 2 saturated heterocycles. The molecule has 0 aliphatic carbocycles. The molecule has 0 spiro atoms. The molecule has 0 saturated carbocycles. The largest absolute Gasteiger partial charge is 0.417 e. The lowest BCUT2D eigenvalue weighted by atomic mass is 10.00. The summed E-state index contributed by atoms with van der Waals surface area (Å²) in [6.45, 7) is 3.36. The zero-order valence-electron chi connectivity index (χ0n) is 18.7. The van der Waals surface area contributed by atoms with Crippen LogP contribution in [0, 0.1) is 18.3 Å². The van der Waals surface area contributed by atoms with Crippen LogP contribution in [0.5, 0.6) is 0 Å². The fraction of sp³-hybridized carbons (Fsp3) is 0.348. The van der Waals surface area contributed by atoms with Crippen molar-refractivity contribution in [3.8, 4) is 6.07 Å². The van der Waals surface area contributed by atoms with Crippen molar-refractivity contribution < 1.29 is 18.0 Å². The number of alkyl halides is 3. The molecule has 2 N–H and O–H groups in total. The second-order valence-corrected chi connectivity index (χ2v) is 8.72. The van der Waals surface area contributed by atoms with Gasteiger partial charge in [-0.3, -0.25) is 19.8 Å². The van der Waals surface area contributed by atoms with E-state index >= 15 is 0 Å². The molecule has 1 amide bonds. The maximum absolute atomic E-state index is 13.3. The van der Waals surface area contributed by atoms with E-state index in [1.165, 1.54) is 12.1 Å². The van der Waals surface area contributed by atoms with Crippen LogP contribution in [0.4, 0.5) is 24.8 Å². The van der Waals surface area contributed by atoms with Crippen LogP contribution in [0.25, 0.3) is 0 Å². The Morgan fingerprint density at radius 3 is 2.74 bits per heavy atom. The molecule has 3 aromatic rings. The van der Waals surface area contributed by atoms with Gasteiger partial charge in [-0.25, -0.2) is 4.98 Å². The van der Waals surface area contributed by atoms with Gasteiger partial charge in [0, 0.05) is 49.7 Å². The highest BCUT2D eigenvalue weighted by Crippen LogP contribution is 2.36. The standard InChI is InChI=1S/C23H21F3N8O/c1-13-5-20(32-31-13)30-21-9-28-8-14(29-21)10-33-11-16-6-15(33)12-34(16)22(35)17-3-2-4-19(18(17)7-27)23(24,25)26/h2-5,8-9,15-16H,6,10-12H2,1H3,(H2,29,30,31,32)/t15-,16-/m0/s1. The summed E-state index contributed by atoms with van der Waals surface area (Å²) in [5.41, 5.74) is -0.266. The summed E-state index contributed by atoms with van der Waals surface area (Å²) in [5.74, 6) is 0.651.